The Balaban J connectivity index is 0.000000403. The van der Waals surface area contributed by atoms with Gasteiger partial charge in [0.05, 0.1) is 39.6 Å². The van der Waals surface area contributed by atoms with Crippen molar-refractivity contribution < 1.29 is 9.18 Å². The Morgan fingerprint density at radius 3 is 2.42 bits per heavy atom. The van der Waals surface area contributed by atoms with Crippen LogP contribution in [0, 0.1) is 27.6 Å². The normalized spacial score (nSPS) is 21.9. The summed E-state index contributed by atoms with van der Waals surface area (Å²) in [6.07, 6.45) is 10.5. The number of anilines is 1. The molecule has 0 bridgehead atoms. The Bertz CT molecular complexity index is 1340. The Morgan fingerprint density at radius 1 is 1.23 bits per heavy atom. The van der Waals surface area contributed by atoms with E-state index in [4.69, 9.17) is 16.6 Å². The van der Waals surface area contributed by atoms with Crippen LogP contribution in [0.5, 0.6) is 0 Å². The number of alkyl halides is 1. The number of piperazine rings is 1. The third kappa shape index (κ3) is 6.06. The lowest BCUT2D eigenvalue weighted by Gasteiger charge is -2.34. The Kier molecular flexibility index (Phi) is 8.27. The summed E-state index contributed by atoms with van der Waals surface area (Å²) in [4.78, 5) is 20.1. The summed E-state index contributed by atoms with van der Waals surface area (Å²) in [5, 5.41) is 26.7. The quantitative estimate of drug-likeness (QED) is 0.158. The molecule has 4 fully saturated rings. The number of carbonyl (C=O) groups excluding carboxylic acids is 1. The number of fused-ring (bicyclic) bond motifs is 1. The summed E-state index contributed by atoms with van der Waals surface area (Å²) in [7, 11) is 2.12. The van der Waals surface area contributed by atoms with Crippen molar-refractivity contribution in [3.05, 3.63) is 24.3 Å². The second kappa shape index (κ2) is 11.4. The molecular formula is C27H36FN9OS2. The molecule has 0 amide bonds. The summed E-state index contributed by atoms with van der Waals surface area (Å²) in [5.41, 5.74) is 5.83. The maximum atomic E-state index is 13.4. The zero-order valence-electron chi connectivity index (χ0n) is 22.7. The van der Waals surface area contributed by atoms with Gasteiger partial charge in [0.15, 0.2) is 5.82 Å². The maximum absolute atomic E-state index is 13.4. The van der Waals surface area contributed by atoms with Crippen LogP contribution >= 0.6 is 23.7 Å². The minimum atomic E-state index is -0.717. The molecule has 5 N–H and O–H groups in total. The van der Waals surface area contributed by atoms with Crippen LogP contribution in [0.15, 0.2) is 23.4 Å². The van der Waals surface area contributed by atoms with E-state index in [-0.39, 0.29) is 16.8 Å². The number of nitrogens with zero attached hydrogens (tertiary/aromatic N) is 5. The fraction of sp³-hybridized carbons (Fsp3) is 0.593. The number of aromatic nitrogens is 2. The molecule has 4 aliphatic rings. The second-order valence-corrected chi connectivity index (χ2v) is 13.4. The molecule has 1 aliphatic heterocycles. The number of likely N-dealkylation sites (N-methyl/N-ethyl adjacent to an activating group) is 1. The minimum absolute atomic E-state index is 0.156. The topological polar surface area (TPSA) is 150 Å². The molecule has 214 valence electrons. The van der Waals surface area contributed by atoms with Gasteiger partial charge in [-0.15, -0.1) is 0 Å². The van der Waals surface area contributed by atoms with E-state index in [0.29, 0.717) is 18.7 Å². The van der Waals surface area contributed by atoms with Crippen LogP contribution in [0.1, 0.15) is 50.8 Å². The largest absolute Gasteiger partial charge is 0.367 e. The molecule has 2 aromatic heterocycles. The first-order valence-electron chi connectivity index (χ1n) is 13.6. The van der Waals surface area contributed by atoms with Crippen molar-refractivity contribution in [3.63, 3.8) is 0 Å². The zero-order chi connectivity index (χ0) is 28.5. The van der Waals surface area contributed by atoms with E-state index in [1.165, 1.54) is 11.9 Å². The molecule has 6 rings (SSSR count). The molecule has 1 saturated heterocycles. The number of rotatable bonds is 8. The number of nitrogens with one attached hydrogen (secondary N) is 3. The number of nitriles is 1. The molecule has 3 aliphatic carbocycles. The molecule has 40 heavy (non-hydrogen) atoms. The van der Waals surface area contributed by atoms with E-state index < -0.39 is 16.5 Å². The van der Waals surface area contributed by atoms with Gasteiger partial charge in [-0.1, -0.05) is 11.8 Å². The van der Waals surface area contributed by atoms with Crippen LogP contribution in [0.25, 0.3) is 5.52 Å². The van der Waals surface area contributed by atoms with Gasteiger partial charge in [0.2, 0.25) is 0 Å². The van der Waals surface area contributed by atoms with Crippen molar-refractivity contribution >= 4 is 51.3 Å². The Hall–Kier alpha value is -2.50. The molecule has 0 radical (unpaired) electrons. The van der Waals surface area contributed by atoms with Crippen LogP contribution in [0.4, 0.5) is 10.1 Å². The predicted octanol–water partition coefficient (Wildman–Crippen LogP) is 3.59. The summed E-state index contributed by atoms with van der Waals surface area (Å²) < 4.78 is 18.6. The van der Waals surface area contributed by atoms with Gasteiger partial charge >= 0.3 is 0 Å². The molecule has 3 saturated carbocycles. The highest BCUT2D eigenvalue weighted by atomic mass is 32.2. The van der Waals surface area contributed by atoms with Gasteiger partial charge in [0, 0.05) is 37.3 Å². The van der Waals surface area contributed by atoms with Gasteiger partial charge in [0.1, 0.15) is 23.4 Å². The lowest BCUT2D eigenvalue weighted by atomic mass is 9.79. The monoisotopic (exact) mass is 585 g/mol. The SMILES string of the molecule is CN1CCN(c2cc(SNC3(CF)CC3)cn3c(C(=N)SC(=N)C4(C#N)CC4)ncc23)CC1.NC1(C=O)CCC1. The number of hydrogen-bond donors (Lipinski definition) is 4. The number of hydrogen-bond acceptors (Lipinski definition) is 11. The average molecular weight is 586 g/mol. The number of imidazole rings is 1. The van der Waals surface area contributed by atoms with Gasteiger partial charge in [-0.05, 0) is 70.0 Å². The molecule has 10 nitrogen and oxygen atoms in total. The van der Waals surface area contributed by atoms with Crippen molar-refractivity contribution in [2.45, 2.75) is 60.9 Å². The maximum Gasteiger partial charge on any atom is 0.169 e. The van der Waals surface area contributed by atoms with Gasteiger partial charge in [-0.3, -0.25) is 19.9 Å². The van der Waals surface area contributed by atoms with Crippen molar-refractivity contribution in [2.75, 3.05) is 44.8 Å². The van der Waals surface area contributed by atoms with Gasteiger partial charge < -0.3 is 20.3 Å². The summed E-state index contributed by atoms with van der Waals surface area (Å²) in [6, 6.07) is 4.34. The minimum Gasteiger partial charge on any atom is -0.367 e. The smallest absolute Gasteiger partial charge is 0.169 e. The van der Waals surface area contributed by atoms with Crippen LogP contribution in [-0.2, 0) is 4.79 Å². The fourth-order valence-corrected chi connectivity index (χ4v) is 6.44. The number of thioether (sulfide) groups is 1. The molecule has 3 heterocycles. The molecule has 0 atom stereocenters. The first-order valence-corrected chi connectivity index (χ1v) is 15.3. The van der Waals surface area contributed by atoms with E-state index in [1.54, 1.807) is 6.20 Å². The number of aldehydes is 1. The van der Waals surface area contributed by atoms with E-state index in [1.807, 2.05) is 10.6 Å². The highest BCUT2D eigenvalue weighted by Gasteiger charge is 2.48. The first kappa shape index (κ1) is 29.0. The molecular weight excluding hydrogens is 549 g/mol. The number of halogens is 1. The van der Waals surface area contributed by atoms with Crippen LogP contribution < -0.4 is 15.4 Å². The lowest BCUT2D eigenvalue weighted by molar-refractivity contribution is -0.114. The molecule has 0 unspecified atom stereocenters. The highest BCUT2D eigenvalue weighted by Crippen LogP contribution is 2.49. The average Bonchev–Trinajstić information content (AvgIpc) is 3.87. The summed E-state index contributed by atoms with van der Waals surface area (Å²) >= 11 is 2.44. The third-order valence-electron chi connectivity index (χ3n) is 8.26. The Morgan fingerprint density at radius 2 is 1.93 bits per heavy atom. The van der Waals surface area contributed by atoms with Gasteiger partial charge in [-0.25, -0.2) is 9.37 Å². The zero-order valence-corrected chi connectivity index (χ0v) is 24.3. The lowest BCUT2D eigenvalue weighted by Crippen LogP contribution is -2.47. The van der Waals surface area contributed by atoms with E-state index in [9.17, 15) is 14.4 Å². The fourth-order valence-electron chi connectivity index (χ4n) is 4.62. The first-order chi connectivity index (χ1) is 19.2. The van der Waals surface area contributed by atoms with Crippen molar-refractivity contribution in [3.8, 4) is 6.07 Å². The Labute approximate surface area is 242 Å². The number of pyridine rings is 1. The molecule has 13 heteroatoms. The molecule has 0 aromatic carbocycles. The molecule has 0 spiro atoms. The third-order valence-corrected chi connectivity index (χ3v) is 10.2. The van der Waals surface area contributed by atoms with Crippen LogP contribution in [-0.4, -0.2) is 81.6 Å². The van der Waals surface area contributed by atoms with Gasteiger partial charge in [0.25, 0.3) is 0 Å². The highest BCUT2D eigenvalue weighted by molar-refractivity contribution is 8.26. The van der Waals surface area contributed by atoms with Crippen LogP contribution in [0.3, 0.4) is 0 Å². The van der Waals surface area contributed by atoms with Crippen molar-refractivity contribution in [2.24, 2.45) is 11.1 Å². The van der Waals surface area contributed by atoms with E-state index in [2.05, 4.69) is 38.7 Å². The second-order valence-electron chi connectivity index (χ2n) is 11.5. The van der Waals surface area contributed by atoms with Gasteiger partial charge in [-0.2, -0.15) is 5.26 Å². The number of carbonyl (C=O) groups is 1. The number of nitrogens with two attached hydrogens (primary N) is 1. The van der Waals surface area contributed by atoms with Crippen molar-refractivity contribution in [1.82, 2.24) is 19.0 Å². The standard InChI is InChI=1S/C22H27FN8S2.C5H9NO/c1-29-6-8-30(9-7-29)16-10-15(33-28-22(13-23)4-5-22)12-31-17(16)11-27-19(31)18(25)32-20(26)21(14-24)2-3-21;6-5(4-7)2-1-3-5/h10-12,25-26,28H,2-9,13H2,1H3;4H,1-3,6H2. The van der Waals surface area contributed by atoms with Crippen molar-refractivity contribution in [1.29, 1.82) is 16.1 Å². The summed E-state index contributed by atoms with van der Waals surface area (Å²) in [5.74, 6) is 0.456. The molecule has 2 aromatic rings. The van der Waals surface area contributed by atoms with Crippen LogP contribution in [0.2, 0.25) is 0 Å². The predicted molar refractivity (Wildman–Crippen MR) is 158 cm³/mol. The summed E-state index contributed by atoms with van der Waals surface area (Å²) in [6.45, 7) is 3.34. The van der Waals surface area contributed by atoms with E-state index >= 15 is 0 Å². The van der Waals surface area contributed by atoms with E-state index in [0.717, 1.165) is 92.4 Å².